The molecule has 1 heterocycles. The Kier molecular flexibility index (Phi) is 4.26. The van der Waals surface area contributed by atoms with Gasteiger partial charge in [-0.1, -0.05) is 0 Å². The smallest absolute Gasteiger partial charge is 0.337 e. The second-order valence-electron chi connectivity index (χ2n) is 3.80. The Morgan fingerprint density at radius 3 is 2.81 bits per heavy atom. The molecular weight excluding hydrogens is 303 g/mol. The van der Waals surface area contributed by atoms with Gasteiger partial charge in [0.05, 0.1) is 18.6 Å². The zero-order chi connectivity index (χ0) is 15.5. The zero-order valence-electron chi connectivity index (χ0n) is 11.3. The Bertz CT molecular complexity index is 732. The predicted molar refractivity (Wildman–Crippen MR) is 71.3 cm³/mol. The molecule has 2 N–H and O–H groups in total. The van der Waals surface area contributed by atoms with Crippen molar-refractivity contribution in [1.82, 2.24) is 15.2 Å². The number of halogens is 1. The third-order valence-corrected chi connectivity index (χ3v) is 3.74. The van der Waals surface area contributed by atoms with Crippen molar-refractivity contribution in [3.63, 3.8) is 0 Å². The van der Waals surface area contributed by atoms with E-state index < -0.39 is 15.8 Å². The van der Waals surface area contributed by atoms with Crippen LogP contribution in [0.25, 0.3) is 0 Å². The number of benzene rings is 1. The molecule has 0 aliphatic carbocycles. The molecule has 0 fully saturated rings. The number of aromatic nitrogens is 3. The maximum atomic E-state index is 13.6. The highest BCUT2D eigenvalue weighted by Gasteiger charge is 2.18. The van der Waals surface area contributed by atoms with Crippen molar-refractivity contribution in [2.45, 2.75) is 11.8 Å². The van der Waals surface area contributed by atoms with E-state index in [9.17, 15) is 12.8 Å². The average molecular weight is 316 g/mol. The molecule has 1 aromatic carbocycles. The third-order valence-electron chi connectivity index (χ3n) is 2.40. The molecule has 2 aromatic rings. The van der Waals surface area contributed by atoms with Gasteiger partial charge >= 0.3 is 6.01 Å². The molecule has 0 aliphatic rings. The van der Waals surface area contributed by atoms with E-state index in [2.05, 4.69) is 19.9 Å². The molecule has 10 heteroatoms. The SMILES string of the molecule is CCOc1n[nH]c(NS(=O)(=O)c2ccc(OC)c(F)c2)n1. The number of methoxy groups -OCH3 is 1. The first-order valence-corrected chi connectivity index (χ1v) is 7.36. The van der Waals surface area contributed by atoms with Crippen LogP contribution in [0.5, 0.6) is 11.8 Å². The van der Waals surface area contributed by atoms with Crippen LogP contribution in [0, 0.1) is 5.82 Å². The van der Waals surface area contributed by atoms with E-state index in [-0.39, 0.29) is 22.6 Å². The second-order valence-corrected chi connectivity index (χ2v) is 5.48. The highest BCUT2D eigenvalue weighted by Crippen LogP contribution is 2.22. The van der Waals surface area contributed by atoms with E-state index in [1.807, 2.05) is 0 Å². The van der Waals surface area contributed by atoms with E-state index >= 15 is 0 Å². The van der Waals surface area contributed by atoms with Gasteiger partial charge in [-0.05, 0) is 25.1 Å². The molecule has 0 saturated carbocycles. The fourth-order valence-corrected chi connectivity index (χ4v) is 2.46. The summed E-state index contributed by atoms with van der Waals surface area (Å²) in [6, 6.07) is 3.29. The Labute approximate surface area is 120 Å². The lowest BCUT2D eigenvalue weighted by Gasteiger charge is -2.07. The van der Waals surface area contributed by atoms with Crippen LogP contribution >= 0.6 is 0 Å². The standard InChI is InChI=1S/C11H13FN4O4S/c1-3-20-11-13-10(14-15-11)16-21(17,18)7-4-5-9(19-2)8(12)6-7/h4-6H,3H2,1-2H3,(H2,13,14,15,16). The number of nitrogens with one attached hydrogen (secondary N) is 2. The van der Waals surface area contributed by atoms with Gasteiger partial charge in [0, 0.05) is 0 Å². The number of H-pyrrole nitrogens is 1. The van der Waals surface area contributed by atoms with Crippen LogP contribution in [0.1, 0.15) is 6.92 Å². The van der Waals surface area contributed by atoms with E-state index in [0.29, 0.717) is 6.61 Å². The Balaban J connectivity index is 2.23. The maximum absolute atomic E-state index is 13.6. The van der Waals surface area contributed by atoms with Crippen molar-refractivity contribution in [2.75, 3.05) is 18.4 Å². The molecule has 0 atom stereocenters. The van der Waals surface area contributed by atoms with Crippen molar-refractivity contribution >= 4 is 16.0 Å². The summed E-state index contributed by atoms with van der Waals surface area (Å²) in [6.07, 6.45) is 0. The van der Waals surface area contributed by atoms with Crippen molar-refractivity contribution < 1.29 is 22.3 Å². The molecule has 0 amide bonds. The fourth-order valence-electron chi connectivity index (χ4n) is 1.49. The number of hydrogen-bond donors (Lipinski definition) is 2. The summed E-state index contributed by atoms with van der Waals surface area (Å²) in [5.41, 5.74) is 0. The molecule has 0 bridgehead atoms. The lowest BCUT2D eigenvalue weighted by molar-refractivity contribution is 0.314. The van der Waals surface area contributed by atoms with E-state index in [1.54, 1.807) is 6.92 Å². The molecule has 114 valence electrons. The average Bonchev–Trinajstić information content (AvgIpc) is 2.85. The summed E-state index contributed by atoms with van der Waals surface area (Å²) in [4.78, 5) is 3.50. The Morgan fingerprint density at radius 1 is 1.43 bits per heavy atom. The lowest BCUT2D eigenvalue weighted by Crippen LogP contribution is -2.14. The van der Waals surface area contributed by atoms with Crippen LogP contribution in [0.3, 0.4) is 0 Å². The van der Waals surface area contributed by atoms with Gasteiger partial charge in [0.15, 0.2) is 11.6 Å². The summed E-state index contributed by atoms with van der Waals surface area (Å²) in [7, 11) is -2.71. The number of anilines is 1. The summed E-state index contributed by atoms with van der Waals surface area (Å²) in [5.74, 6) is -0.963. The lowest BCUT2D eigenvalue weighted by atomic mass is 10.3. The number of rotatable bonds is 6. The number of sulfonamides is 1. The first-order chi connectivity index (χ1) is 9.96. The van der Waals surface area contributed by atoms with Crippen molar-refractivity contribution in [1.29, 1.82) is 0 Å². The normalized spacial score (nSPS) is 11.2. The first kappa shape index (κ1) is 15.0. The molecule has 1 aromatic heterocycles. The molecule has 2 rings (SSSR count). The van der Waals surface area contributed by atoms with E-state index in [1.165, 1.54) is 19.2 Å². The molecule has 0 spiro atoms. The molecule has 0 aliphatic heterocycles. The van der Waals surface area contributed by atoms with Gasteiger partial charge in [-0.25, -0.2) is 22.6 Å². The van der Waals surface area contributed by atoms with Gasteiger partial charge in [0.1, 0.15) is 0 Å². The van der Waals surface area contributed by atoms with Crippen LogP contribution in [0.4, 0.5) is 10.3 Å². The van der Waals surface area contributed by atoms with E-state index in [4.69, 9.17) is 9.47 Å². The largest absolute Gasteiger partial charge is 0.494 e. The summed E-state index contributed by atoms with van der Waals surface area (Å²) < 4.78 is 49.5. The number of hydrogen-bond acceptors (Lipinski definition) is 6. The first-order valence-electron chi connectivity index (χ1n) is 5.88. The highest BCUT2D eigenvalue weighted by molar-refractivity contribution is 7.92. The summed E-state index contributed by atoms with van der Waals surface area (Å²) in [5, 5.41) is 6.01. The highest BCUT2D eigenvalue weighted by atomic mass is 32.2. The minimum absolute atomic E-state index is 0.0103. The maximum Gasteiger partial charge on any atom is 0.337 e. The van der Waals surface area contributed by atoms with Gasteiger partial charge in [-0.2, -0.15) is 4.98 Å². The van der Waals surface area contributed by atoms with E-state index in [0.717, 1.165) is 6.07 Å². The molecule has 8 nitrogen and oxygen atoms in total. The fraction of sp³-hybridized carbons (Fsp3) is 0.273. The molecule has 0 unspecified atom stereocenters. The predicted octanol–water partition coefficient (Wildman–Crippen LogP) is 1.15. The molecule has 0 radical (unpaired) electrons. The minimum Gasteiger partial charge on any atom is -0.494 e. The number of aromatic amines is 1. The van der Waals surface area contributed by atoms with Crippen molar-refractivity contribution in [2.24, 2.45) is 0 Å². The number of nitrogens with zero attached hydrogens (tertiary/aromatic N) is 2. The van der Waals surface area contributed by atoms with Crippen LogP contribution in [-0.4, -0.2) is 37.3 Å². The van der Waals surface area contributed by atoms with Gasteiger partial charge in [-0.15, -0.1) is 5.10 Å². The number of ether oxygens (including phenoxy) is 2. The molecular formula is C11H13FN4O4S. The van der Waals surface area contributed by atoms with Gasteiger partial charge < -0.3 is 9.47 Å². The minimum atomic E-state index is -4.00. The van der Waals surface area contributed by atoms with Gasteiger partial charge in [0.2, 0.25) is 5.95 Å². The van der Waals surface area contributed by atoms with Crippen LogP contribution in [-0.2, 0) is 10.0 Å². The quantitative estimate of drug-likeness (QED) is 0.828. The summed E-state index contributed by atoms with van der Waals surface area (Å²) >= 11 is 0. The van der Waals surface area contributed by atoms with Crippen molar-refractivity contribution in [3.05, 3.63) is 24.0 Å². The second kappa shape index (κ2) is 5.95. The Morgan fingerprint density at radius 2 is 2.19 bits per heavy atom. The Hall–Kier alpha value is -2.36. The van der Waals surface area contributed by atoms with Crippen molar-refractivity contribution in [3.8, 4) is 11.8 Å². The van der Waals surface area contributed by atoms with Crippen LogP contribution in [0.2, 0.25) is 0 Å². The zero-order valence-corrected chi connectivity index (χ0v) is 12.1. The van der Waals surface area contributed by atoms with Gasteiger partial charge in [0.25, 0.3) is 10.0 Å². The van der Waals surface area contributed by atoms with Gasteiger partial charge in [-0.3, -0.25) is 0 Å². The monoisotopic (exact) mass is 316 g/mol. The van der Waals surface area contributed by atoms with Crippen LogP contribution < -0.4 is 14.2 Å². The molecule has 0 saturated heterocycles. The third kappa shape index (κ3) is 3.40. The van der Waals surface area contributed by atoms with Crippen LogP contribution in [0.15, 0.2) is 23.1 Å². The topological polar surface area (TPSA) is 106 Å². The molecule has 21 heavy (non-hydrogen) atoms. The summed E-state index contributed by atoms with van der Waals surface area (Å²) in [6.45, 7) is 2.08.